The predicted molar refractivity (Wildman–Crippen MR) is 112 cm³/mol. The van der Waals surface area contributed by atoms with Crippen LogP contribution in [0.1, 0.15) is 46.1 Å². The van der Waals surface area contributed by atoms with Crippen molar-refractivity contribution >= 4 is 23.2 Å². The topological polar surface area (TPSA) is 67.4 Å². The highest BCUT2D eigenvalue weighted by molar-refractivity contribution is 6.17. The molecule has 1 aliphatic carbocycles. The minimum absolute atomic E-state index is 0.112. The quantitative estimate of drug-likeness (QED) is 0.711. The summed E-state index contributed by atoms with van der Waals surface area (Å²) in [4.78, 5) is 26.0. The van der Waals surface area contributed by atoms with Crippen LogP contribution >= 0.6 is 0 Å². The SMILES string of the molecule is CCOc1ccccc1NC(=O)C1(C(=O)Nc2ccccc2C(C)(C)C)CC1. The smallest absolute Gasteiger partial charge is 0.240 e. The van der Waals surface area contributed by atoms with Crippen LogP contribution < -0.4 is 15.4 Å². The van der Waals surface area contributed by atoms with Crippen LogP contribution in [0, 0.1) is 5.41 Å². The number of rotatable bonds is 6. The van der Waals surface area contributed by atoms with Gasteiger partial charge in [-0.2, -0.15) is 0 Å². The summed E-state index contributed by atoms with van der Waals surface area (Å²) in [7, 11) is 0. The van der Waals surface area contributed by atoms with Crippen molar-refractivity contribution in [3.05, 3.63) is 54.1 Å². The second-order valence-corrected chi connectivity index (χ2v) is 8.22. The molecule has 0 aromatic heterocycles. The van der Waals surface area contributed by atoms with E-state index >= 15 is 0 Å². The summed E-state index contributed by atoms with van der Waals surface area (Å²) < 4.78 is 5.56. The Morgan fingerprint density at radius 2 is 1.46 bits per heavy atom. The molecule has 0 aliphatic heterocycles. The molecule has 2 N–H and O–H groups in total. The molecule has 2 amide bonds. The number of para-hydroxylation sites is 3. The largest absolute Gasteiger partial charge is 0.492 e. The van der Waals surface area contributed by atoms with Gasteiger partial charge in [-0.25, -0.2) is 0 Å². The molecular weight excluding hydrogens is 352 g/mol. The van der Waals surface area contributed by atoms with Gasteiger partial charge in [0.15, 0.2) is 0 Å². The number of hydrogen-bond acceptors (Lipinski definition) is 3. The highest BCUT2D eigenvalue weighted by Gasteiger charge is 2.56. The lowest BCUT2D eigenvalue weighted by atomic mass is 9.85. The first kappa shape index (κ1) is 19.9. The van der Waals surface area contributed by atoms with Crippen molar-refractivity contribution in [1.82, 2.24) is 0 Å². The first-order valence-electron chi connectivity index (χ1n) is 9.72. The number of anilines is 2. The predicted octanol–water partition coefficient (Wildman–Crippen LogP) is 4.74. The number of hydrogen-bond donors (Lipinski definition) is 2. The van der Waals surface area contributed by atoms with Crippen LogP contribution in [0.4, 0.5) is 11.4 Å². The fraction of sp³-hybridized carbons (Fsp3) is 0.391. The number of amides is 2. The summed E-state index contributed by atoms with van der Waals surface area (Å²) in [6, 6.07) is 15.0. The van der Waals surface area contributed by atoms with E-state index < -0.39 is 5.41 Å². The summed E-state index contributed by atoms with van der Waals surface area (Å²) >= 11 is 0. The zero-order valence-electron chi connectivity index (χ0n) is 17.0. The van der Waals surface area contributed by atoms with Gasteiger partial charge in [0.1, 0.15) is 11.2 Å². The van der Waals surface area contributed by atoms with Gasteiger partial charge in [0, 0.05) is 5.69 Å². The number of carbonyl (C=O) groups is 2. The van der Waals surface area contributed by atoms with E-state index in [1.165, 1.54) is 0 Å². The van der Waals surface area contributed by atoms with E-state index in [1.807, 2.05) is 43.3 Å². The van der Waals surface area contributed by atoms with Gasteiger partial charge in [-0.1, -0.05) is 51.1 Å². The molecule has 2 aromatic carbocycles. The molecule has 28 heavy (non-hydrogen) atoms. The molecule has 2 aromatic rings. The Morgan fingerprint density at radius 1 is 0.929 bits per heavy atom. The van der Waals surface area contributed by atoms with Crippen molar-refractivity contribution in [2.75, 3.05) is 17.2 Å². The second-order valence-electron chi connectivity index (χ2n) is 8.22. The van der Waals surface area contributed by atoms with E-state index in [0.29, 0.717) is 30.9 Å². The zero-order valence-corrected chi connectivity index (χ0v) is 17.0. The first-order valence-corrected chi connectivity index (χ1v) is 9.72. The molecule has 1 saturated carbocycles. The molecule has 5 nitrogen and oxygen atoms in total. The highest BCUT2D eigenvalue weighted by atomic mass is 16.5. The molecule has 0 bridgehead atoms. The van der Waals surface area contributed by atoms with Gasteiger partial charge in [0.05, 0.1) is 12.3 Å². The van der Waals surface area contributed by atoms with Crippen molar-refractivity contribution in [2.24, 2.45) is 5.41 Å². The monoisotopic (exact) mass is 380 g/mol. The van der Waals surface area contributed by atoms with Crippen LogP contribution in [0.3, 0.4) is 0 Å². The Kier molecular flexibility index (Phi) is 5.45. The van der Waals surface area contributed by atoms with Crippen LogP contribution in [-0.4, -0.2) is 18.4 Å². The fourth-order valence-corrected chi connectivity index (χ4v) is 3.26. The molecule has 0 spiro atoms. The minimum atomic E-state index is -1.02. The first-order chi connectivity index (χ1) is 13.3. The van der Waals surface area contributed by atoms with E-state index in [0.717, 1.165) is 11.3 Å². The third-order valence-electron chi connectivity index (χ3n) is 5.04. The van der Waals surface area contributed by atoms with E-state index in [1.54, 1.807) is 12.1 Å². The van der Waals surface area contributed by atoms with Crippen molar-refractivity contribution in [3.63, 3.8) is 0 Å². The Labute approximate surface area is 166 Å². The molecule has 1 fully saturated rings. The third-order valence-corrected chi connectivity index (χ3v) is 5.04. The maximum absolute atomic E-state index is 13.0. The minimum Gasteiger partial charge on any atom is -0.492 e. The van der Waals surface area contributed by atoms with Crippen LogP contribution in [-0.2, 0) is 15.0 Å². The van der Waals surface area contributed by atoms with Gasteiger partial charge >= 0.3 is 0 Å². The Bertz CT molecular complexity index is 879. The zero-order chi connectivity index (χ0) is 20.4. The molecule has 1 aliphatic rings. The summed E-state index contributed by atoms with van der Waals surface area (Å²) in [6.07, 6.45) is 1.08. The van der Waals surface area contributed by atoms with E-state index in [4.69, 9.17) is 4.74 Å². The molecule has 0 heterocycles. The Balaban J connectivity index is 1.77. The van der Waals surface area contributed by atoms with Crippen molar-refractivity contribution in [2.45, 2.75) is 46.0 Å². The summed E-state index contributed by atoms with van der Waals surface area (Å²) in [5.41, 5.74) is 1.25. The molecule has 0 unspecified atom stereocenters. The van der Waals surface area contributed by atoms with Gasteiger partial charge in [0.2, 0.25) is 11.8 Å². The van der Waals surface area contributed by atoms with Crippen LogP contribution in [0.2, 0.25) is 0 Å². The second kappa shape index (κ2) is 7.66. The van der Waals surface area contributed by atoms with E-state index in [9.17, 15) is 9.59 Å². The number of benzene rings is 2. The average Bonchev–Trinajstić information content (AvgIpc) is 3.45. The van der Waals surface area contributed by atoms with Crippen LogP contribution in [0.5, 0.6) is 5.75 Å². The summed E-state index contributed by atoms with van der Waals surface area (Å²) in [6.45, 7) is 8.69. The Morgan fingerprint density at radius 3 is 2.04 bits per heavy atom. The van der Waals surface area contributed by atoms with Crippen molar-refractivity contribution in [3.8, 4) is 5.75 Å². The van der Waals surface area contributed by atoms with Crippen LogP contribution in [0.15, 0.2) is 48.5 Å². The molecule has 5 heteroatoms. The van der Waals surface area contributed by atoms with Gasteiger partial charge < -0.3 is 15.4 Å². The van der Waals surface area contributed by atoms with Gasteiger partial charge in [-0.15, -0.1) is 0 Å². The molecule has 0 radical (unpaired) electrons. The lowest BCUT2D eigenvalue weighted by molar-refractivity contribution is -0.131. The van der Waals surface area contributed by atoms with E-state index in [-0.39, 0.29) is 17.2 Å². The number of carbonyl (C=O) groups excluding carboxylic acids is 2. The standard InChI is InChI=1S/C23H28N2O3/c1-5-28-19-13-9-8-12-18(19)25-21(27)23(14-15-23)20(26)24-17-11-7-6-10-16(17)22(2,3)4/h6-13H,5,14-15H2,1-4H3,(H,24,26)(H,25,27). The number of nitrogens with one attached hydrogen (secondary N) is 2. The Hall–Kier alpha value is -2.82. The summed E-state index contributed by atoms with van der Waals surface area (Å²) in [5.74, 6) is 0.0635. The van der Waals surface area contributed by atoms with Crippen molar-refractivity contribution in [1.29, 1.82) is 0 Å². The van der Waals surface area contributed by atoms with Gasteiger partial charge in [-0.05, 0) is 48.9 Å². The number of ether oxygens (including phenoxy) is 1. The molecule has 0 saturated heterocycles. The lowest BCUT2D eigenvalue weighted by Crippen LogP contribution is -2.36. The third kappa shape index (κ3) is 4.03. The molecule has 0 atom stereocenters. The van der Waals surface area contributed by atoms with Gasteiger partial charge in [0.25, 0.3) is 0 Å². The lowest BCUT2D eigenvalue weighted by Gasteiger charge is -2.24. The van der Waals surface area contributed by atoms with E-state index in [2.05, 4.69) is 31.4 Å². The molecule has 3 rings (SSSR count). The highest BCUT2D eigenvalue weighted by Crippen LogP contribution is 2.48. The van der Waals surface area contributed by atoms with Gasteiger partial charge in [-0.3, -0.25) is 9.59 Å². The normalized spacial score (nSPS) is 14.9. The average molecular weight is 380 g/mol. The van der Waals surface area contributed by atoms with Crippen LogP contribution in [0.25, 0.3) is 0 Å². The fourth-order valence-electron chi connectivity index (χ4n) is 3.26. The maximum atomic E-state index is 13.0. The molecular formula is C23H28N2O3. The molecule has 148 valence electrons. The maximum Gasteiger partial charge on any atom is 0.240 e. The van der Waals surface area contributed by atoms with Crippen molar-refractivity contribution < 1.29 is 14.3 Å². The summed E-state index contributed by atoms with van der Waals surface area (Å²) in [5, 5.41) is 5.88.